The molecule has 7 nitrogen and oxygen atoms in total. The molecule has 0 atom stereocenters. The van der Waals surface area contributed by atoms with Gasteiger partial charge in [-0.05, 0) is 94.0 Å². The van der Waals surface area contributed by atoms with Crippen LogP contribution in [0, 0.1) is 0 Å². The minimum absolute atomic E-state index is 0.192. The van der Waals surface area contributed by atoms with Crippen LogP contribution in [0.15, 0.2) is 218 Å². The third-order valence-corrected chi connectivity index (χ3v) is 14.1. The molecule has 316 valence electrons. The molecule has 0 saturated carbocycles. The van der Waals surface area contributed by atoms with Crippen molar-refractivity contribution < 1.29 is 14.2 Å². The van der Waals surface area contributed by atoms with Crippen molar-refractivity contribution >= 4 is 102 Å². The van der Waals surface area contributed by atoms with Crippen LogP contribution in [0.2, 0.25) is 0 Å². The molecule has 68 heavy (non-hydrogen) atoms. The monoisotopic (exact) mass is 870 g/mol. The maximum absolute atomic E-state index is 7.22. The molecule has 9 heteroatoms. The third kappa shape index (κ3) is 5.35. The van der Waals surface area contributed by atoms with Crippen LogP contribution >= 0.6 is 0 Å². The molecule has 0 fully saturated rings. The lowest BCUT2D eigenvalue weighted by atomic mass is 9.31. The number of ether oxygens (including phenoxy) is 3. The molecular formula is C59H36B2N4O3. The number of para-hydroxylation sites is 7. The average molecular weight is 871 g/mol. The van der Waals surface area contributed by atoms with E-state index in [0.717, 1.165) is 95.4 Å². The van der Waals surface area contributed by atoms with Gasteiger partial charge in [-0.2, -0.15) is 4.98 Å². The molecule has 9 aromatic carbocycles. The van der Waals surface area contributed by atoms with Gasteiger partial charge >= 0.3 is 0 Å². The average Bonchev–Trinajstić information content (AvgIpc) is 3.73. The van der Waals surface area contributed by atoms with E-state index in [1.54, 1.807) is 0 Å². The van der Waals surface area contributed by atoms with Crippen molar-refractivity contribution in [1.82, 2.24) is 9.55 Å². The van der Waals surface area contributed by atoms with Gasteiger partial charge in [-0.25, -0.2) is 0 Å². The van der Waals surface area contributed by atoms with Gasteiger partial charge < -0.3 is 28.6 Å². The van der Waals surface area contributed by atoms with Gasteiger partial charge in [0.05, 0.1) is 22.4 Å². The van der Waals surface area contributed by atoms with E-state index in [2.05, 4.69) is 227 Å². The zero-order valence-electron chi connectivity index (χ0n) is 36.5. The van der Waals surface area contributed by atoms with E-state index in [4.69, 9.17) is 19.2 Å². The Morgan fingerprint density at radius 1 is 0.368 bits per heavy atom. The van der Waals surface area contributed by atoms with Crippen molar-refractivity contribution in [2.75, 3.05) is 9.80 Å². The number of fused-ring (bicyclic) bond motifs is 11. The molecule has 0 N–H and O–H groups in total. The van der Waals surface area contributed by atoms with Crippen LogP contribution in [0.5, 0.6) is 34.8 Å². The predicted molar refractivity (Wildman–Crippen MR) is 277 cm³/mol. The fourth-order valence-electron chi connectivity index (χ4n) is 11.4. The summed E-state index contributed by atoms with van der Waals surface area (Å²) in [5.41, 5.74) is 15.7. The molecular weight excluding hydrogens is 834 g/mol. The van der Waals surface area contributed by atoms with Gasteiger partial charge in [0.15, 0.2) is 0 Å². The van der Waals surface area contributed by atoms with E-state index < -0.39 is 0 Å². The van der Waals surface area contributed by atoms with E-state index in [9.17, 15) is 0 Å². The van der Waals surface area contributed by atoms with Gasteiger partial charge in [0.2, 0.25) is 11.8 Å². The van der Waals surface area contributed by atoms with E-state index >= 15 is 0 Å². The molecule has 4 aliphatic heterocycles. The van der Waals surface area contributed by atoms with Crippen molar-refractivity contribution in [2.45, 2.75) is 0 Å². The highest BCUT2D eigenvalue weighted by atomic mass is 16.5. The maximum Gasteiger partial charge on any atom is 0.262 e. The second-order valence-electron chi connectivity index (χ2n) is 17.8. The van der Waals surface area contributed by atoms with Crippen molar-refractivity contribution in [2.24, 2.45) is 0 Å². The highest BCUT2D eigenvalue weighted by Crippen LogP contribution is 2.46. The minimum atomic E-state index is -0.202. The molecule has 11 aromatic rings. The van der Waals surface area contributed by atoms with Crippen molar-refractivity contribution in [3.8, 4) is 40.4 Å². The van der Waals surface area contributed by atoms with Gasteiger partial charge in [0.1, 0.15) is 23.0 Å². The Kier molecular flexibility index (Phi) is 7.83. The second-order valence-corrected chi connectivity index (χ2v) is 17.8. The Hall–Kier alpha value is -8.94. The van der Waals surface area contributed by atoms with Crippen molar-refractivity contribution in [3.05, 3.63) is 218 Å². The SMILES string of the molecule is c1ccc(N(c2ccccc2)c2cc3c4c(c2)N(c2ccccc2)c2ccccc2B4c2cc4c(nc2O3)Oc2cc(-n3c5ccccc5c5ccccc53)cc3c2B4c2ccccc2O3)cc1. The topological polar surface area (TPSA) is 52.0 Å². The zero-order valence-corrected chi connectivity index (χ0v) is 36.5. The minimum Gasteiger partial charge on any atom is -0.458 e. The number of pyridine rings is 1. The molecule has 0 amide bonds. The molecule has 0 unspecified atom stereocenters. The first-order valence-electron chi connectivity index (χ1n) is 23.1. The zero-order chi connectivity index (χ0) is 44.5. The summed E-state index contributed by atoms with van der Waals surface area (Å²) >= 11 is 0. The van der Waals surface area contributed by atoms with Crippen molar-refractivity contribution in [1.29, 1.82) is 0 Å². The van der Waals surface area contributed by atoms with Crippen LogP contribution in [0.1, 0.15) is 0 Å². The highest BCUT2D eigenvalue weighted by molar-refractivity contribution is 7.01. The van der Waals surface area contributed by atoms with E-state index in [0.29, 0.717) is 17.5 Å². The summed E-state index contributed by atoms with van der Waals surface area (Å²) < 4.78 is 23.5. The lowest BCUT2D eigenvalue weighted by Gasteiger charge is -2.41. The van der Waals surface area contributed by atoms with Gasteiger partial charge in [-0.1, -0.05) is 133 Å². The van der Waals surface area contributed by atoms with Crippen LogP contribution in [0.3, 0.4) is 0 Å². The lowest BCUT2D eigenvalue weighted by molar-refractivity contribution is 0.428. The van der Waals surface area contributed by atoms with E-state index in [1.165, 1.54) is 16.2 Å². The van der Waals surface area contributed by atoms with Crippen LogP contribution in [0.25, 0.3) is 27.5 Å². The molecule has 2 aromatic heterocycles. The number of hydrogen-bond donors (Lipinski definition) is 0. The predicted octanol–water partition coefficient (Wildman–Crippen LogP) is 10.8. The van der Waals surface area contributed by atoms with Gasteiger partial charge in [0.25, 0.3) is 13.4 Å². The normalized spacial score (nSPS) is 13.3. The summed E-state index contributed by atoms with van der Waals surface area (Å²) in [4.78, 5) is 10.1. The maximum atomic E-state index is 7.22. The largest absolute Gasteiger partial charge is 0.458 e. The Morgan fingerprint density at radius 2 is 0.897 bits per heavy atom. The number of hydrogen-bond acceptors (Lipinski definition) is 6. The van der Waals surface area contributed by atoms with E-state index in [-0.39, 0.29) is 13.4 Å². The Bertz CT molecular complexity index is 3790. The molecule has 4 aliphatic rings. The lowest BCUT2D eigenvalue weighted by Crippen LogP contribution is -2.63. The van der Waals surface area contributed by atoms with Gasteiger partial charge in [0, 0.05) is 62.9 Å². The number of nitrogens with zero attached hydrogens (tertiary/aromatic N) is 4. The number of rotatable bonds is 5. The third-order valence-electron chi connectivity index (χ3n) is 14.1. The number of anilines is 6. The molecule has 15 rings (SSSR count). The van der Waals surface area contributed by atoms with Crippen LogP contribution in [0.4, 0.5) is 34.1 Å². The quantitative estimate of drug-likeness (QED) is 0.161. The Balaban J connectivity index is 0.958. The first kappa shape index (κ1) is 37.3. The summed E-state index contributed by atoms with van der Waals surface area (Å²) in [5.74, 6) is 4.10. The van der Waals surface area contributed by atoms with Crippen LogP contribution in [-0.2, 0) is 0 Å². The van der Waals surface area contributed by atoms with Crippen LogP contribution in [-0.4, -0.2) is 23.0 Å². The van der Waals surface area contributed by atoms with Crippen LogP contribution < -0.4 is 56.8 Å². The molecule has 0 bridgehead atoms. The molecule has 0 aliphatic carbocycles. The van der Waals surface area contributed by atoms with Crippen molar-refractivity contribution in [3.63, 3.8) is 0 Å². The number of benzene rings is 9. The number of aromatic nitrogens is 2. The summed E-state index contributed by atoms with van der Waals surface area (Å²) in [7, 11) is 0. The molecule has 6 heterocycles. The van der Waals surface area contributed by atoms with E-state index in [1.807, 2.05) is 6.07 Å². The second kappa shape index (κ2) is 14.3. The fraction of sp³-hybridized carbons (Fsp3) is 0. The van der Waals surface area contributed by atoms with Gasteiger partial charge in [-0.3, -0.25) is 0 Å². The smallest absolute Gasteiger partial charge is 0.262 e. The standard InChI is InChI=1S/C59H36B2N4O3/c1-4-18-37(19-5-1)63(38-20-6-2-7-21-38)40-32-51-56-53(33-40)67-58-46(60(56)44-26-12-16-30-50(44)64(51)39-22-8-3-9-23-39)36-47-59(62-58)68-55-35-41(34-54-57(55)61(47)45-27-13-17-31-52(45)66-54)65-48-28-14-10-24-42(48)43-25-11-15-29-49(43)65/h1-36H. The first-order chi connectivity index (χ1) is 33.7. The highest BCUT2D eigenvalue weighted by Gasteiger charge is 2.47. The Morgan fingerprint density at radius 3 is 1.57 bits per heavy atom. The summed E-state index contributed by atoms with van der Waals surface area (Å²) in [6, 6.07) is 77.1. The first-order valence-corrected chi connectivity index (χ1v) is 23.1. The molecule has 0 radical (unpaired) electrons. The molecule has 0 saturated heterocycles. The fourth-order valence-corrected chi connectivity index (χ4v) is 11.4. The summed E-state index contributed by atoms with van der Waals surface area (Å²) in [5, 5.41) is 2.38. The summed E-state index contributed by atoms with van der Waals surface area (Å²) in [6.45, 7) is -0.394. The van der Waals surface area contributed by atoms with Gasteiger partial charge in [-0.15, -0.1) is 0 Å². The molecule has 0 spiro atoms. The summed E-state index contributed by atoms with van der Waals surface area (Å²) in [6.07, 6.45) is 0. The Labute approximate surface area is 392 Å².